The first-order valence-electron chi connectivity index (χ1n) is 13.6. The Hall–Kier alpha value is -5.21. The summed E-state index contributed by atoms with van der Waals surface area (Å²) < 4.78 is 0. The molecule has 0 spiro atoms. The molecule has 40 heavy (non-hydrogen) atoms. The minimum atomic E-state index is 0.666. The molecule has 0 heterocycles. The molecule has 2 heteroatoms. The summed E-state index contributed by atoms with van der Waals surface area (Å²) in [5.41, 5.74) is 5.11. The van der Waals surface area contributed by atoms with Crippen LogP contribution in [0.25, 0.3) is 53.9 Å². The summed E-state index contributed by atoms with van der Waals surface area (Å²) in [5.74, 6) is 0. The van der Waals surface area contributed by atoms with Gasteiger partial charge in [-0.3, -0.25) is 4.79 Å². The molecule has 0 atom stereocenters. The van der Waals surface area contributed by atoms with E-state index in [9.17, 15) is 4.79 Å². The number of aldehydes is 1. The van der Waals surface area contributed by atoms with E-state index in [1.165, 1.54) is 59.4 Å². The van der Waals surface area contributed by atoms with Gasteiger partial charge in [0.2, 0.25) is 0 Å². The van der Waals surface area contributed by atoms with E-state index in [1.807, 2.05) is 24.3 Å². The molecule has 2 nitrogen and oxygen atoms in total. The van der Waals surface area contributed by atoms with E-state index in [4.69, 9.17) is 0 Å². The fourth-order valence-corrected chi connectivity index (χ4v) is 6.53. The highest BCUT2D eigenvalue weighted by molar-refractivity contribution is 6.40. The van der Waals surface area contributed by atoms with Gasteiger partial charge in [-0.1, -0.05) is 96.6 Å². The highest BCUT2D eigenvalue weighted by atomic mass is 16.1. The molecule has 0 fully saturated rings. The number of benzene rings is 8. The fraction of sp³-hybridized carbons (Fsp3) is 0.0263. The third kappa shape index (κ3) is 3.20. The number of rotatable bonds is 4. The molecule has 0 aliphatic rings. The molecule has 8 rings (SSSR count). The smallest absolute Gasteiger partial charge is 0.150 e. The van der Waals surface area contributed by atoms with Gasteiger partial charge in [-0.25, -0.2) is 0 Å². The predicted octanol–water partition coefficient (Wildman–Crippen LogP) is 10.5. The van der Waals surface area contributed by atoms with Gasteiger partial charge in [0.25, 0.3) is 0 Å². The Morgan fingerprint density at radius 1 is 0.475 bits per heavy atom. The molecule has 0 radical (unpaired) electrons. The molecule has 0 N–H and O–H groups in total. The van der Waals surface area contributed by atoms with E-state index in [1.54, 1.807) is 0 Å². The van der Waals surface area contributed by atoms with Crippen LogP contribution in [0.3, 0.4) is 0 Å². The van der Waals surface area contributed by atoms with E-state index in [2.05, 4.69) is 115 Å². The highest BCUT2D eigenvalue weighted by Gasteiger charge is 2.23. The quantitative estimate of drug-likeness (QED) is 0.133. The van der Waals surface area contributed by atoms with Gasteiger partial charge in [0.05, 0.1) is 5.69 Å². The Balaban J connectivity index is 1.60. The number of carbonyl (C=O) groups excluding carboxylic acids is 1. The number of hydrogen-bond donors (Lipinski definition) is 0. The maximum atomic E-state index is 11.5. The number of carbonyl (C=O) groups is 1. The van der Waals surface area contributed by atoms with Crippen molar-refractivity contribution in [3.05, 3.63) is 139 Å². The van der Waals surface area contributed by atoms with E-state index < -0.39 is 0 Å². The lowest BCUT2D eigenvalue weighted by molar-refractivity contribution is 0.112. The summed E-state index contributed by atoms with van der Waals surface area (Å²) in [5, 5.41) is 12.6. The monoisotopic (exact) mass is 511 g/mol. The highest BCUT2D eigenvalue weighted by Crippen LogP contribution is 2.50. The molecular weight excluding hydrogens is 486 g/mol. The van der Waals surface area contributed by atoms with Crippen LogP contribution in [-0.2, 0) is 0 Å². The maximum absolute atomic E-state index is 11.5. The van der Waals surface area contributed by atoms with Crippen LogP contribution >= 0.6 is 0 Å². The third-order valence-electron chi connectivity index (χ3n) is 8.29. The van der Waals surface area contributed by atoms with Gasteiger partial charge in [0.1, 0.15) is 6.29 Å². The predicted molar refractivity (Wildman–Crippen MR) is 170 cm³/mol. The minimum absolute atomic E-state index is 0.666. The molecule has 0 amide bonds. The molecule has 0 saturated heterocycles. The van der Waals surface area contributed by atoms with Gasteiger partial charge >= 0.3 is 0 Å². The van der Waals surface area contributed by atoms with Gasteiger partial charge in [-0.2, -0.15) is 0 Å². The largest absolute Gasteiger partial charge is 0.309 e. The van der Waals surface area contributed by atoms with Gasteiger partial charge < -0.3 is 4.90 Å². The van der Waals surface area contributed by atoms with Crippen molar-refractivity contribution in [2.75, 3.05) is 4.90 Å². The van der Waals surface area contributed by atoms with Crippen LogP contribution in [0, 0.1) is 6.92 Å². The van der Waals surface area contributed by atoms with Crippen molar-refractivity contribution in [2.24, 2.45) is 0 Å². The van der Waals surface area contributed by atoms with Gasteiger partial charge in [-0.05, 0) is 81.0 Å². The van der Waals surface area contributed by atoms with E-state index >= 15 is 0 Å². The summed E-state index contributed by atoms with van der Waals surface area (Å²) in [6, 6.07) is 45.4. The summed E-state index contributed by atoms with van der Waals surface area (Å²) in [6.45, 7) is 2.11. The lowest BCUT2D eigenvalue weighted by Crippen LogP contribution is -2.11. The van der Waals surface area contributed by atoms with Crippen LogP contribution in [-0.4, -0.2) is 6.29 Å². The molecule has 8 aromatic rings. The zero-order valence-electron chi connectivity index (χ0n) is 22.1. The number of nitrogens with zero attached hydrogens (tertiary/aromatic N) is 1. The molecule has 0 saturated carbocycles. The molecule has 0 bridgehead atoms. The van der Waals surface area contributed by atoms with E-state index in [0.717, 1.165) is 23.3 Å². The molecule has 0 aliphatic heterocycles. The molecule has 0 aromatic heterocycles. The zero-order chi connectivity index (χ0) is 26.8. The summed E-state index contributed by atoms with van der Waals surface area (Å²) >= 11 is 0. The molecule has 188 valence electrons. The first-order valence-corrected chi connectivity index (χ1v) is 13.6. The molecule has 0 unspecified atom stereocenters. The van der Waals surface area contributed by atoms with Crippen LogP contribution in [0.15, 0.2) is 127 Å². The van der Waals surface area contributed by atoms with Crippen molar-refractivity contribution in [1.29, 1.82) is 0 Å². The van der Waals surface area contributed by atoms with Crippen LogP contribution in [0.1, 0.15) is 15.9 Å². The number of hydrogen-bond acceptors (Lipinski definition) is 2. The Kier molecular flexibility index (Phi) is 4.92. The van der Waals surface area contributed by atoms with Crippen LogP contribution in [0.2, 0.25) is 0 Å². The normalized spacial score (nSPS) is 11.7. The van der Waals surface area contributed by atoms with Crippen molar-refractivity contribution < 1.29 is 4.79 Å². The SMILES string of the molecule is Cc1ccc(N(c2ccc(C=O)cc2)c2c3ccccc3c3c4cccc5cccc(c6cccc2c63)c54)cc1. The standard InChI is InChI=1S/C38H25NO/c1-24-15-19-27(20-16-24)39(28-21-17-25(23-40)18-22-28)38-32-10-3-2-9-31(32)36-33-13-5-8-26-7-4-11-29(35(26)33)30-12-6-14-34(38)37(30)36/h2-23H,1H3. The second-order valence-electron chi connectivity index (χ2n) is 10.6. The Morgan fingerprint density at radius 2 is 0.975 bits per heavy atom. The third-order valence-corrected chi connectivity index (χ3v) is 8.29. The second-order valence-corrected chi connectivity index (χ2v) is 10.6. The summed E-state index contributed by atoms with van der Waals surface area (Å²) in [7, 11) is 0. The number of fused-ring (bicyclic) bond motifs is 4. The minimum Gasteiger partial charge on any atom is -0.309 e. The first-order chi connectivity index (χ1) is 19.7. The average Bonchev–Trinajstić information content (AvgIpc) is 3.01. The van der Waals surface area contributed by atoms with Crippen molar-refractivity contribution in [3.63, 3.8) is 0 Å². The molecule has 8 aromatic carbocycles. The van der Waals surface area contributed by atoms with Gasteiger partial charge in [0, 0.05) is 33.1 Å². The molecule has 0 aliphatic carbocycles. The Bertz CT molecular complexity index is 2220. The fourth-order valence-electron chi connectivity index (χ4n) is 6.53. The van der Waals surface area contributed by atoms with Gasteiger partial charge in [-0.15, -0.1) is 0 Å². The van der Waals surface area contributed by atoms with Crippen LogP contribution < -0.4 is 4.90 Å². The summed E-state index contributed by atoms with van der Waals surface area (Å²) in [6.07, 6.45) is 0.899. The summed E-state index contributed by atoms with van der Waals surface area (Å²) in [4.78, 5) is 13.8. The van der Waals surface area contributed by atoms with Gasteiger partial charge in [0.15, 0.2) is 0 Å². The second kappa shape index (κ2) is 8.65. The zero-order valence-corrected chi connectivity index (χ0v) is 22.1. The van der Waals surface area contributed by atoms with Crippen molar-refractivity contribution in [1.82, 2.24) is 0 Å². The maximum Gasteiger partial charge on any atom is 0.150 e. The van der Waals surface area contributed by atoms with Crippen LogP contribution in [0.5, 0.6) is 0 Å². The number of aryl methyl sites for hydroxylation is 1. The first kappa shape index (κ1) is 22.7. The van der Waals surface area contributed by atoms with Crippen molar-refractivity contribution >= 4 is 77.2 Å². The van der Waals surface area contributed by atoms with Crippen LogP contribution in [0.4, 0.5) is 17.1 Å². The number of anilines is 3. The van der Waals surface area contributed by atoms with E-state index in [0.29, 0.717) is 5.56 Å². The Morgan fingerprint density at radius 3 is 1.68 bits per heavy atom. The average molecular weight is 512 g/mol. The molecular formula is C38H25NO. The van der Waals surface area contributed by atoms with Crippen molar-refractivity contribution in [2.45, 2.75) is 6.92 Å². The topological polar surface area (TPSA) is 20.3 Å². The van der Waals surface area contributed by atoms with Crippen molar-refractivity contribution in [3.8, 4) is 0 Å². The van der Waals surface area contributed by atoms with E-state index in [-0.39, 0.29) is 0 Å². The lowest BCUT2D eigenvalue weighted by atomic mass is 9.86. The lowest BCUT2D eigenvalue weighted by Gasteiger charge is -2.30. The Labute approximate surface area is 232 Å².